The van der Waals surface area contributed by atoms with E-state index in [0.717, 1.165) is 23.1 Å². The van der Waals surface area contributed by atoms with Crippen LogP contribution in [0.1, 0.15) is 41.1 Å². The molecule has 2 bridgehead atoms. The molecule has 3 aromatic rings. The number of nitro groups is 1. The molecule has 2 aliphatic rings. The maximum absolute atomic E-state index is 13.1. The first-order valence-electron chi connectivity index (χ1n) is 11.6. The fourth-order valence-corrected chi connectivity index (χ4v) is 5.53. The minimum absolute atomic E-state index is 0.0352. The van der Waals surface area contributed by atoms with Crippen molar-refractivity contribution < 1.29 is 19.2 Å². The number of fused-ring (bicyclic) bond motifs is 5. The summed E-state index contributed by atoms with van der Waals surface area (Å²) in [5, 5.41) is 21.8. The second-order valence-electron chi connectivity index (χ2n) is 9.49. The maximum Gasteiger partial charge on any atom is 0.339 e. The minimum Gasteiger partial charge on any atom is -0.508 e. The summed E-state index contributed by atoms with van der Waals surface area (Å²) in [6.07, 6.45) is 1.19. The number of aryl methyl sites for hydroxylation is 2. The molecule has 5 rings (SSSR count). The number of phenolic OH excluding ortho intramolecular Hbond substituents is 1. The number of hydrogen-bond acceptors (Lipinski definition) is 7. The average molecular weight is 479 g/mol. The third kappa shape index (κ3) is 3.78. The van der Waals surface area contributed by atoms with Gasteiger partial charge in [0.05, 0.1) is 4.92 Å². The Bertz CT molecular complexity index is 1500. The fourth-order valence-electron chi connectivity index (χ4n) is 5.53. The quantitative estimate of drug-likeness (QED) is 0.345. The molecule has 1 amide bonds. The third-order valence-corrected chi connectivity index (χ3v) is 7.40. The summed E-state index contributed by atoms with van der Waals surface area (Å²) in [5.74, 6) is -0.0635. The molecule has 2 atom stereocenters. The lowest BCUT2D eigenvalue weighted by atomic mass is 9.83. The third-order valence-electron chi connectivity index (χ3n) is 7.40. The zero-order valence-electron chi connectivity index (χ0n) is 19.4. The summed E-state index contributed by atoms with van der Waals surface area (Å²) in [7, 11) is 0. The monoisotopic (exact) mass is 479 g/mol. The molecule has 1 N–H and O–H groups in total. The van der Waals surface area contributed by atoms with Gasteiger partial charge >= 0.3 is 16.9 Å². The molecule has 4 heterocycles. The molecule has 10 nitrogen and oxygen atoms in total. The highest BCUT2D eigenvalue weighted by atomic mass is 16.6. The summed E-state index contributed by atoms with van der Waals surface area (Å²) in [6, 6.07) is 6.14. The predicted molar refractivity (Wildman–Crippen MR) is 127 cm³/mol. The van der Waals surface area contributed by atoms with Gasteiger partial charge in [0.25, 0.3) is 0 Å². The van der Waals surface area contributed by atoms with E-state index < -0.39 is 21.8 Å². The van der Waals surface area contributed by atoms with Crippen molar-refractivity contribution in [1.82, 2.24) is 9.47 Å². The molecule has 0 unspecified atom stereocenters. The largest absolute Gasteiger partial charge is 0.508 e. The van der Waals surface area contributed by atoms with Crippen LogP contribution in [-0.4, -0.2) is 38.5 Å². The summed E-state index contributed by atoms with van der Waals surface area (Å²) >= 11 is 0. The maximum atomic E-state index is 13.1. The average Bonchev–Trinajstić information content (AvgIpc) is 2.81. The number of pyridine rings is 1. The molecule has 182 valence electrons. The Balaban J connectivity index is 1.35. The van der Waals surface area contributed by atoms with E-state index in [1.807, 2.05) is 6.92 Å². The van der Waals surface area contributed by atoms with E-state index in [0.29, 0.717) is 36.3 Å². The van der Waals surface area contributed by atoms with Crippen LogP contribution in [0, 0.1) is 29.9 Å². The molecular weight excluding hydrogens is 454 g/mol. The van der Waals surface area contributed by atoms with Gasteiger partial charge in [0, 0.05) is 60.2 Å². The van der Waals surface area contributed by atoms with Crippen molar-refractivity contribution in [1.29, 1.82) is 0 Å². The van der Waals surface area contributed by atoms with Gasteiger partial charge in [0.1, 0.15) is 11.3 Å². The molecule has 35 heavy (non-hydrogen) atoms. The van der Waals surface area contributed by atoms with Crippen LogP contribution in [0.15, 0.2) is 38.3 Å². The van der Waals surface area contributed by atoms with Crippen LogP contribution in [0.2, 0.25) is 0 Å². The number of aromatic hydroxyl groups is 1. The minimum atomic E-state index is -0.662. The molecule has 0 saturated carbocycles. The zero-order valence-corrected chi connectivity index (χ0v) is 19.4. The molecular formula is C25H25N3O7. The van der Waals surface area contributed by atoms with E-state index in [4.69, 9.17) is 4.42 Å². The van der Waals surface area contributed by atoms with Crippen molar-refractivity contribution in [3.63, 3.8) is 0 Å². The zero-order chi connectivity index (χ0) is 25.0. The van der Waals surface area contributed by atoms with Gasteiger partial charge in [-0.2, -0.15) is 0 Å². The van der Waals surface area contributed by atoms with Crippen molar-refractivity contribution in [3.8, 4) is 5.75 Å². The molecule has 0 aliphatic carbocycles. The number of nitrogens with zero attached hydrogens (tertiary/aromatic N) is 3. The first kappa shape index (κ1) is 22.8. The second-order valence-corrected chi connectivity index (χ2v) is 9.49. The SMILES string of the molecule is Cc1c(CCC(=O)N2C[C@H]3C[C@H](C2)c2ccc([N+](=O)[O-])c(=O)n2C3)c(=O)oc2c(C)c(O)ccc12. The number of rotatable bonds is 4. The van der Waals surface area contributed by atoms with Gasteiger partial charge in [0.2, 0.25) is 5.91 Å². The molecule has 1 fully saturated rings. The highest BCUT2D eigenvalue weighted by Crippen LogP contribution is 2.36. The van der Waals surface area contributed by atoms with Crippen LogP contribution < -0.4 is 11.2 Å². The Morgan fingerprint density at radius 2 is 1.91 bits per heavy atom. The number of hydrogen-bond donors (Lipinski definition) is 1. The van der Waals surface area contributed by atoms with Crippen molar-refractivity contribution in [2.45, 2.75) is 45.6 Å². The first-order chi connectivity index (χ1) is 16.7. The lowest BCUT2D eigenvalue weighted by Crippen LogP contribution is -2.49. The summed E-state index contributed by atoms with van der Waals surface area (Å²) in [6.45, 7) is 4.73. The van der Waals surface area contributed by atoms with E-state index in [1.54, 1.807) is 30.0 Å². The van der Waals surface area contributed by atoms with Crippen LogP contribution in [0.4, 0.5) is 5.69 Å². The Hall–Kier alpha value is -3.95. The smallest absolute Gasteiger partial charge is 0.339 e. The van der Waals surface area contributed by atoms with Crippen molar-refractivity contribution in [3.05, 3.63) is 77.5 Å². The van der Waals surface area contributed by atoms with Gasteiger partial charge in [-0.1, -0.05) is 0 Å². The summed E-state index contributed by atoms with van der Waals surface area (Å²) in [4.78, 5) is 50.6. The number of phenols is 1. The molecule has 1 saturated heterocycles. The highest BCUT2D eigenvalue weighted by Gasteiger charge is 2.37. The molecule has 0 radical (unpaired) electrons. The number of aromatic nitrogens is 1. The number of likely N-dealkylation sites (tertiary alicyclic amines) is 1. The van der Waals surface area contributed by atoms with Crippen molar-refractivity contribution in [2.75, 3.05) is 13.1 Å². The Morgan fingerprint density at radius 1 is 1.14 bits per heavy atom. The van der Waals surface area contributed by atoms with Crippen LogP contribution in [0.3, 0.4) is 0 Å². The van der Waals surface area contributed by atoms with Crippen LogP contribution >= 0.6 is 0 Å². The summed E-state index contributed by atoms with van der Waals surface area (Å²) < 4.78 is 6.97. The van der Waals surface area contributed by atoms with Gasteiger partial charge in [-0.25, -0.2) is 4.79 Å². The van der Waals surface area contributed by atoms with E-state index in [2.05, 4.69) is 0 Å². The Morgan fingerprint density at radius 3 is 2.66 bits per heavy atom. The number of carbonyl (C=O) groups is 1. The van der Waals surface area contributed by atoms with Gasteiger partial charge in [0.15, 0.2) is 0 Å². The van der Waals surface area contributed by atoms with Crippen molar-refractivity contribution in [2.24, 2.45) is 5.92 Å². The van der Waals surface area contributed by atoms with E-state index in [-0.39, 0.29) is 36.3 Å². The molecule has 2 aliphatic heterocycles. The number of benzene rings is 1. The first-order valence-corrected chi connectivity index (χ1v) is 11.6. The molecule has 10 heteroatoms. The van der Waals surface area contributed by atoms with Crippen LogP contribution in [-0.2, 0) is 17.8 Å². The Labute approximate surface area is 199 Å². The second kappa shape index (κ2) is 8.37. The van der Waals surface area contributed by atoms with Gasteiger partial charge in [-0.3, -0.25) is 19.7 Å². The van der Waals surface area contributed by atoms with Crippen LogP contribution in [0.25, 0.3) is 11.0 Å². The topological polar surface area (TPSA) is 136 Å². The number of amides is 1. The highest BCUT2D eigenvalue weighted by molar-refractivity contribution is 5.85. The Kier molecular flexibility index (Phi) is 5.46. The lowest BCUT2D eigenvalue weighted by Gasteiger charge is -2.42. The van der Waals surface area contributed by atoms with Crippen LogP contribution in [0.5, 0.6) is 5.75 Å². The van der Waals surface area contributed by atoms with Gasteiger partial charge in [-0.05, 0) is 56.4 Å². The predicted octanol–water partition coefficient (Wildman–Crippen LogP) is 2.76. The van der Waals surface area contributed by atoms with Gasteiger partial charge in [-0.15, -0.1) is 0 Å². The molecule has 1 aromatic carbocycles. The fraction of sp³-hybridized carbons (Fsp3) is 0.400. The number of carbonyl (C=O) groups excluding carboxylic acids is 1. The van der Waals surface area contributed by atoms with Crippen molar-refractivity contribution >= 4 is 22.6 Å². The lowest BCUT2D eigenvalue weighted by molar-refractivity contribution is -0.386. The standard InChI is InChI=1S/C25H25N3O7/c1-13-17-3-7-21(29)14(2)23(17)35-25(32)18(13)4-8-22(30)26-10-15-9-16(12-26)19-5-6-20(28(33)34)24(31)27(19)11-15/h3,5-7,15-16,29H,4,8-12H2,1-2H3/t15-,16-/m1/s1. The number of piperidine rings is 1. The van der Waals surface area contributed by atoms with E-state index in [1.165, 1.54) is 10.6 Å². The van der Waals surface area contributed by atoms with E-state index in [9.17, 15) is 29.6 Å². The molecule has 0 spiro atoms. The summed E-state index contributed by atoms with van der Waals surface area (Å²) in [5.41, 5.74) is 1.20. The molecule has 2 aromatic heterocycles. The van der Waals surface area contributed by atoms with E-state index >= 15 is 0 Å². The van der Waals surface area contributed by atoms with Gasteiger partial charge < -0.3 is 19.0 Å². The normalized spacial score (nSPS) is 19.0.